The Morgan fingerprint density at radius 3 is 2.85 bits per heavy atom. The van der Waals surface area contributed by atoms with Crippen LogP contribution in [0.1, 0.15) is 48.6 Å². The van der Waals surface area contributed by atoms with E-state index in [1.165, 1.54) is 11.1 Å². The van der Waals surface area contributed by atoms with Gasteiger partial charge in [-0.15, -0.1) is 0 Å². The van der Waals surface area contributed by atoms with Crippen LogP contribution in [-0.2, 0) is 12.8 Å². The first-order valence-corrected chi connectivity index (χ1v) is 7.29. The van der Waals surface area contributed by atoms with Crippen molar-refractivity contribution in [3.63, 3.8) is 0 Å². The Morgan fingerprint density at radius 2 is 2.10 bits per heavy atom. The molecule has 1 aliphatic rings. The highest BCUT2D eigenvalue weighted by Crippen LogP contribution is 2.33. The van der Waals surface area contributed by atoms with Gasteiger partial charge in [-0.05, 0) is 30.2 Å². The molecule has 2 aromatic rings. The predicted molar refractivity (Wildman–Crippen MR) is 78.5 cm³/mol. The van der Waals surface area contributed by atoms with Crippen LogP contribution >= 0.6 is 0 Å². The molecule has 0 amide bonds. The highest BCUT2D eigenvalue weighted by atomic mass is 16.3. The molecule has 3 heteroatoms. The van der Waals surface area contributed by atoms with E-state index in [2.05, 4.69) is 31.3 Å². The summed E-state index contributed by atoms with van der Waals surface area (Å²) in [6.45, 7) is 4.16. The molecule has 0 bridgehead atoms. The summed E-state index contributed by atoms with van der Waals surface area (Å²) in [6, 6.07) is 12.3. The van der Waals surface area contributed by atoms with E-state index in [0.717, 1.165) is 24.4 Å². The van der Waals surface area contributed by atoms with Gasteiger partial charge in [-0.25, -0.2) is 0 Å². The normalized spacial score (nSPS) is 22.8. The van der Waals surface area contributed by atoms with Gasteiger partial charge in [-0.2, -0.15) is 0 Å². The zero-order valence-electron chi connectivity index (χ0n) is 12.0. The van der Waals surface area contributed by atoms with Gasteiger partial charge in [0.25, 0.3) is 0 Å². The number of hydrogen-bond donors (Lipinski definition) is 2. The van der Waals surface area contributed by atoms with E-state index in [1.807, 2.05) is 24.3 Å². The molecule has 0 spiro atoms. The lowest BCUT2D eigenvalue weighted by Gasteiger charge is -2.22. The number of fused-ring (bicyclic) bond motifs is 1. The number of aliphatic hydroxyl groups excluding tert-OH is 1. The third-order valence-electron chi connectivity index (χ3n) is 4.09. The first kappa shape index (κ1) is 13.4. The van der Waals surface area contributed by atoms with Crippen LogP contribution in [0.25, 0.3) is 0 Å². The van der Waals surface area contributed by atoms with Crippen molar-refractivity contribution in [3.05, 3.63) is 59.0 Å². The van der Waals surface area contributed by atoms with Crippen molar-refractivity contribution in [2.45, 2.75) is 44.9 Å². The summed E-state index contributed by atoms with van der Waals surface area (Å²) in [4.78, 5) is 0. The fourth-order valence-corrected chi connectivity index (χ4v) is 2.94. The maximum absolute atomic E-state index is 10.3. The van der Waals surface area contributed by atoms with Gasteiger partial charge in [-0.3, -0.25) is 5.32 Å². The fraction of sp³-hybridized carbons (Fsp3) is 0.412. The average Bonchev–Trinajstić information content (AvgIpc) is 3.04. The van der Waals surface area contributed by atoms with E-state index in [4.69, 9.17) is 4.42 Å². The number of rotatable bonds is 4. The van der Waals surface area contributed by atoms with Crippen molar-refractivity contribution in [1.29, 1.82) is 0 Å². The maximum Gasteiger partial charge on any atom is 0.120 e. The number of benzene rings is 1. The molecule has 3 nitrogen and oxygen atoms in total. The summed E-state index contributed by atoms with van der Waals surface area (Å²) in [5.74, 6) is 1.93. The Hall–Kier alpha value is -1.58. The lowest BCUT2D eigenvalue weighted by Crippen LogP contribution is -2.30. The second-order valence-corrected chi connectivity index (χ2v) is 5.49. The molecule has 0 radical (unpaired) electrons. The van der Waals surface area contributed by atoms with Gasteiger partial charge >= 0.3 is 0 Å². The van der Waals surface area contributed by atoms with Crippen molar-refractivity contribution in [1.82, 2.24) is 5.32 Å². The van der Waals surface area contributed by atoms with E-state index in [1.54, 1.807) is 0 Å². The van der Waals surface area contributed by atoms with Crippen LogP contribution in [0.4, 0.5) is 0 Å². The van der Waals surface area contributed by atoms with Crippen LogP contribution in [0.5, 0.6) is 0 Å². The first-order valence-electron chi connectivity index (χ1n) is 7.29. The van der Waals surface area contributed by atoms with Crippen molar-refractivity contribution >= 4 is 0 Å². The number of aliphatic hydroxyl groups is 1. The van der Waals surface area contributed by atoms with E-state index in [0.29, 0.717) is 0 Å². The molecular formula is C17H21NO2. The van der Waals surface area contributed by atoms with Crippen molar-refractivity contribution in [2.24, 2.45) is 0 Å². The molecule has 0 fully saturated rings. The zero-order valence-corrected chi connectivity index (χ0v) is 12.0. The number of nitrogens with one attached hydrogen (secondary N) is 1. The molecule has 106 valence electrons. The Morgan fingerprint density at radius 1 is 1.30 bits per heavy atom. The molecule has 20 heavy (non-hydrogen) atoms. The molecule has 0 saturated carbocycles. The molecule has 0 aliphatic heterocycles. The lowest BCUT2D eigenvalue weighted by atomic mass is 10.1. The number of hydrogen-bond acceptors (Lipinski definition) is 3. The van der Waals surface area contributed by atoms with Crippen LogP contribution < -0.4 is 5.32 Å². The van der Waals surface area contributed by atoms with Crippen LogP contribution in [0.3, 0.4) is 0 Å². The summed E-state index contributed by atoms with van der Waals surface area (Å²) < 4.78 is 5.78. The SMILES string of the molecule is CCc1ccc(C(C)NC2c3ccccc3CC2O)o1. The van der Waals surface area contributed by atoms with Crippen LogP contribution in [-0.4, -0.2) is 11.2 Å². The van der Waals surface area contributed by atoms with E-state index < -0.39 is 0 Å². The van der Waals surface area contributed by atoms with Gasteiger partial charge < -0.3 is 9.52 Å². The van der Waals surface area contributed by atoms with E-state index in [-0.39, 0.29) is 18.2 Å². The molecule has 1 aromatic heterocycles. The summed E-state index contributed by atoms with van der Waals surface area (Å²) >= 11 is 0. The molecule has 3 unspecified atom stereocenters. The third kappa shape index (κ3) is 2.39. The fourth-order valence-electron chi connectivity index (χ4n) is 2.94. The first-order chi connectivity index (χ1) is 9.69. The van der Waals surface area contributed by atoms with Crippen molar-refractivity contribution in [3.8, 4) is 0 Å². The number of furan rings is 1. The standard InChI is InChI=1S/C17H21NO2/c1-3-13-8-9-16(20-13)11(2)18-17-14-7-5-4-6-12(14)10-15(17)19/h4-9,11,15,17-19H,3,10H2,1-2H3. The molecular weight excluding hydrogens is 250 g/mol. The van der Waals surface area contributed by atoms with Crippen molar-refractivity contribution < 1.29 is 9.52 Å². The highest BCUT2D eigenvalue weighted by molar-refractivity contribution is 5.36. The summed E-state index contributed by atoms with van der Waals surface area (Å²) in [5.41, 5.74) is 2.44. The van der Waals surface area contributed by atoms with E-state index in [9.17, 15) is 5.11 Å². The van der Waals surface area contributed by atoms with Gasteiger partial charge in [0.05, 0.1) is 18.2 Å². The molecule has 1 aliphatic carbocycles. The maximum atomic E-state index is 10.3. The van der Waals surface area contributed by atoms with Gasteiger partial charge in [0.1, 0.15) is 11.5 Å². The Bertz CT molecular complexity index is 590. The lowest BCUT2D eigenvalue weighted by molar-refractivity contribution is 0.134. The quantitative estimate of drug-likeness (QED) is 0.898. The van der Waals surface area contributed by atoms with Gasteiger partial charge in [0.2, 0.25) is 0 Å². The van der Waals surface area contributed by atoms with Crippen LogP contribution in [0, 0.1) is 0 Å². The van der Waals surface area contributed by atoms with Gasteiger partial charge in [0, 0.05) is 12.8 Å². The van der Waals surface area contributed by atoms with Crippen LogP contribution in [0.2, 0.25) is 0 Å². The molecule has 3 atom stereocenters. The minimum absolute atomic E-state index is 0.0172. The molecule has 0 saturated heterocycles. The molecule has 1 aromatic carbocycles. The Labute approximate surface area is 119 Å². The summed E-state index contributed by atoms with van der Waals surface area (Å²) in [5, 5.41) is 13.8. The topological polar surface area (TPSA) is 45.4 Å². The monoisotopic (exact) mass is 271 g/mol. The number of aryl methyl sites for hydroxylation is 1. The highest BCUT2D eigenvalue weighted by Gasteiger charge is 2.32. The summed E-state index contributed by atoms with van der Waals surface area (Å²) in [6.07, 6.45) is 1.26. The second kappa shape index (κ2) is 5.43. The minimum Gasteiger partial charge on any atom is -0.464 e. The minimum atomic E-state index is -0.365. The third-order valence-corrected chi connectivity index (χ3v) is 4.09. The smallest absolute Gasteiger partial charge is 0.120 e. The van der Waals surface area contributed by atoms with Gasteiger partial charge in [0.15, 0.2) is 0 Å². The summed E-state index contributed by atoms with van der Waals surface area (Å²) in [7, 11) is 0. The predicted octanol–water partition coefficient (Wildman–Crippen LogP) is 3.15. The average molecular weight is 271 g/mol. The molecule has 3 rings (SSSR count). The van der Waals surface area contributed by atoms with Crippen LogP contribution in [0.15, 0.2) is 40.8 Å². The Balaban J connectivity index is 1.77. The largest absolute Gasteiger partial charge is 0.464 e. The Kier molecular flexibility index (Phi) is 3.64. The molecule has 2 N–H and O–H groups in total. The van der Waals surface area contributed by atoms with E-state index >= 15 is 0 Å². The van der Waals surface area contributed by atoms with Gasteiger partial charge in [-0.1, -0.05) is 31.2 Å². The zero-order chi connectivity index (χ0) is 14.1. The molecule has 1 heterocycles. The van der Waals surface area contributed by atoms with Crippen molar-refractivity contribution in [2.75, 3.05) is 0 Å². The second-order valence-electron chi connectivity index (χ2n) is 5.49.